The first-order valence-corrected chi connectivity index (χ1v) is 15.9. The number of hydrogen-bond donors (Lipinski definition) is 8. The lowest BCUT2D eigenvalue weighted by atomic mass is 10.1. The van der Waals surface area contributed by atoms with E-state index >= 15 is 0 Å². The molecular weight excluding hydrogens is 598 g/mol. The molecule has 0 aromatic rings. The van der Waals surface area contributed by atoms with Crippen LogP contribution in [-0.2, 0) is 28.8 Å². The van der Waals surface area contributed by atoms with Crippen LogP contribution in [0.5, 0.6) is 0 Å². The molecule has 17 nitrogen and oxygen atoms in total. The van der Waals surface area contributed by atoms with Gasteiger partial charge in [0.05, 0.1) is 6.54 Å². The first-order valence-electron chi connectivity index (χ1n) is 15.9. The first kappa shape index (κ1) is 42.6. The number of nitrogens with one attached hydrogen (secondary N) is 5. The number of primary amides is 1. The third kappa shape index (κ3) is 23.9. The third-order valence-corrected chi connectivity index (χ3v) is 6.90. The summed E-state index contributed by atoms with van der Waals surface area (Å²) in [5.74, 6) is -1.83. The second-order valence-corrected chi connectivity index (χ2v) is 11.6. The zero-order valence-corrected chi connectivity index (χ0v) is 28.2. The maximum absolute atomic E-state index is 12.5. The fourth-order valence-electron chi connectivity index (χ4n) is 4.22. The Balaban J connectivity index is 4.23. The summed E-state index contributed by atoms with van der Waals surface area (Å²) < 4.78 is 0. The van der Waals surface area contributed by atoms with Gasteiger partial charge < -0.3 is 53.6 Å². The lowest BCUT2D eigenvalue weighted by Crippen LogP contribution is -2.48. The molecule has 2 atom stereocenters. The topological polar surface area (TPSA) is 250 Å². The molecule has 266 valence electrons. The summed E-state index contributed by atoms with van der Waals surface area (Å²) in [4.78, 5) is 78.3. The van der Waals surface area contributed by atoms with E-state index in [1.807, 2.05) is 26.0 Å². The van der Waals surface area contributed by atoms with Gasteiger partial charge in [0.25, 0.3) is 0 Å². The number of nitrogens with zero attached hydrogens (tertiary/aromatic N) is 3. The van der Waals surface area contributed by atoms with Crippen molar-refractivity contribution in [3.8, 4) is 0 Å². The van der Waals surface area contributed by atoms with Gasteiger partial charge in [0, 0.05) is 97.2 Å². The maximum atomic E-state index is 12.5. The van der Waals surface area contributed by atoms with Crippen LogP contribution in [-0.4, -0.2) is 155 Å². The highest BCUT2D eigenvalue weighted by Crippen LogP contribution is 2.02. The van der Waals surface area contributed by atoms with Crippen LogP contribution in [0.2, 0.25) is 0 Å². The molecule has 17 heteroatoms. The van der Waals surface area contributed by atoms with E-state index in [4.69, 9.17) is 17.2 Å². The largest absolute Gasteiger partial charge is 0.370 e. The standard InChI is InChI=1S/C29H59N11O6/c1-22(20-24(32)41)36-28(45)21-40(4)19-18-39(3)17-16-38(2)15-14-34-25(42)6-5-7-27(44)37-23(29(46)35-13-11-31)8-9-26(43)33-12-10-30/h22-23H,5-21,30-31H2,1-4H3,(H2,32,41)(H,33,43)(H,34,42)(H,35,46)(H,36,45)(H,37,44)/t22-,23+/m1/s1. The second kappa shape index (κ2) is 25.8. The number of carbonyl (C=O) groups excluding carboxylic acids is 6. The van der Waals surface area contributed by atoms with Crippen molar-refractivity contribution in [2.24, 2.45) is 17.2 Å². The Bertz CT molecular complexity index is 939. The van der Waals surface area contributed by atoms with Crippen LogP contribution in [0.25, 0.3) is 0 Å². The molecular formula is C29H59N11O6. The molecule has 0 radical (unpaired) electrons. The van der Waals surface area contributed by atoms with Gasteiger partial charge in [0.1, 0.15) is 6.04 Å². The molecule has 0 heterocycles. The minimum atomic E-state index is -0.886. The Morgan fingerprint density at radius 1 is 0.630 bits per heavy atom. The van der Waals surface area contributed by atoms with E-state index in [9.17, 15) is 28.8 Å². The molecule has 0 aliphatic heterocycles. The van der Waals surface area contributed by atoms with Crippen molar-refractivity contribution in [3.05, 3.63) is 0 Å². The van der Waals surface area contributed by atoms with Gasteiger partial charge in [0.15, 0.2) is 0 Å². The van der Waals surface area contributed by atoms with Crippen LogP contribution in [0.1, 0.15) is 45.4 Å². The molecule has 0 bridgehead atoms. The summed E-state index contributed by atoms with van der Waals surface area (Å²) >= 11 is 0. The molecule has 0 fully saturated rings. The van der Waals surface area contributed by atoms with E-state index in [0.29, 0.717) is 39.1 Å². The average Bonchev–Trinajstić information content (AvgIpc) is 2.98. The molecule has 0 aromatic carbocycles. The van der Waals surface area contributed by atoms with E-state index < -0.39 is 17.9 Å². The number of hydrogen-bond acceptors (Lipinski definition) is 11. The second-order valence-electron chi connectivity index (χ2n) is 11.6. The summed E-state index contributed by atoms with van der Waals surface area (Å²) in [6.45, 7) is 7.26. The number of rotatable bonds is 27. The molecule has 0 aliphatic rings. The zero-order valence-electron chi connectivity index (χ0n) is 28.2. The van der Waals surface area contributed by atoms with Gasteiger partial charge in [-0.1, -0.05) is 0 Å². The Morgan fingerprint density at radius 2 is 1.15 bits per heavy atom. The number of likely N-dealkylation sites (N-methyl/N-ethyl adjacent to an activating group) is 3. The lowest BCUT2D eigenvalue weighted by molar-refractivity contribution is -0.130. The highest BCUT2D eigenvalue weighted by Gasteiger charge is 2.21. The average molecular weight is 658 g/mol. The van der Waals surface area contributed by atoms with Crippen LogP contribution in [0.4, 0.5) is 0 Å². The number of amides is 6. The van der Waals surface area contributed by atoms with Crippen molar-refractivity contribution in [1.29, 1.82) is 0 Å². The Labute approximate surface area is 273 Å². The molecule has 0 rings (SSSR count). The molecule has 0 aromatic heterocycles. The molecule has 0 unspecified atom stereocenters. The van der Waals surface area contributed by atoms with Gasteiger partial charge in [-0.05, 0) is 40.9 Å². The molecule has 0 saturated carbocycles. The Kier molecular flexibility index (Phi) is 23.9. The Hall–Kier alpha value is -3.38. The van der Waals surface area contributed by atoms with Crippen LogP contribution in [0.15, 0.2) is 0 Å². The van der Waals surface area contributed by atoms with Gasteiger partial charge in [-0.25, -0.2) is 0 Å². The minimum Gasteiger partial charge on any atom is -0.370 e. The van der Waals surface area contributed by atoms with Crippen molar-refractivity contribution < 1.29 is 28.8 Å². The molecule has 0 aliphatic carbocycles. The molecule has 6 amide bonds. The highest BCUT2D eigenvalue weighted by atomic mass is 16.2. The van der Waals surface area contributed by atoms with Crippen LogP contribution in [0.3, 0.4) is 0 Å². The van der Waals surface area contributed by atoms with Gasteiger partial charge in [0.2, 0.25) is 35.4 Å². The summed E-state index contributed by atoms with van der Waals surface area (Å²) in [6.07, 6.45) is 0.823. The quantitative estimate of drug-likeness (QED) is 0.0421. The number of nitrogens with two attached hydrogens (primary N) is 3. The summed E-state index contributed by atoms with van der Waals surface area (Å²) in [7, 11) is 5.83. The van der Waals surface area contributed by atoms with Crippen molar-refractivity contribution in [2.45, 2.75) is 57.5 Å². The molecule has 0 saturated heterocycles. The smallest absolute Gasteiger partial charge is 0.242 e. The maximum Gasteiger partial charge on any atom is 0.242 e. The van der Waals surface area contributed by atoms with Crippen LogP contribution >= 0.6 is 0 Å². The first-order chi connectivity index (χ1) is 21.8. The minimum absolute atomic E-state index is 0.0484. The summed E-state index contributed by atoms with van der Waals surface area (Å²) in [6, 6.07) is -1.18. The van der Waals surface area contributed by atoms with Gasteiger partial charge in [-0.3, -0.25) is 33.7 Å². The number of carbonyl (C=O) groups is 6. The van der Waals surface area contributed by atoms with Crippen molar-refractivity contribution in [1.82, 2.24) is 41.3 Å². The van der Waals surface area contributed by atoms with Gasteiger partial charge >= 0.3 is 0 Å². The summed E-state index contributed by atoms with van der Waals surface area (Å²) in [5.41, 5.74) is 16.0. The van der Waals surface area contributed by atoms with Crippen molar-refractivity contribution >= 4 is 35.4 Å². The van der Waals surface area contributed by atoms with Crippen molar-refractivity contribution in [3.63, 3.8) is 0 Å². The van der Waals surface area contributed by atoms with E-state index in [2.05, 4.69) is 36.4 Å². The highest BCUT2D eigenvalue weighted by molar-refractivity contribution is 5.88. The predicted molar refractivity (Wildman–Crippen MR) is 176 cm³/mol. The van der Waals surface area contributed by atoms with Crippen LogP contribution < -0.4 is 43.8 Å². The van der Waals surface area contributed by atoms with Gasteiger partial charge in [-0.15, -0.1) is 0 Å². The fraction of sp³-hybridized carbons (Fsp3) is 0.793. The van der Waals surface area contributed by atoms with E-state index in [-0.39, 0.29) is 81.4 Å². The van der Waals surface area contributed by atoms with E-state index in [0.717, 1.165) is 19.6 Å². The molecule has 46 heavy (non-hydrogen) atoms. The van der Waals surface area contributed by atoms with Gasteiger partial charge in [-0.2, -0.15) is 0 Å². The lowest BCUT2D eigenvalue weighted by Gasteiger charge is -2.24. The predicted octanol–water partition coefficient (Wildman–Crippen LogP) is -4.14. The summed E-state index contributed by atoms with van der Waals surface area (Å²) in [5, 5.41) is 13.5. The SMILES string of the molecule is C[C@H](CC(N)=O)NC(=O)CN(C)CCN(C)CCN(C)CCNC(=O)CCCC(=O)N[C@@H](CCC(=O)NCCN)C(=O)NCCN. The third-order valence-electron chi connectivity index (χ3n) is 6.90. The zero-order chi connectivity index (χ0) is 34.9. The fourth-order valence-corrected chi connectivity index (χ4v) is 4.22. The van der Waals surface area contributed by atoms with Crippen LogP contribution in [0, 0.1) is 0 Å². The molecule has 11 N–H and O–H groups in total. The monoisotopic (exact) mass is 657 g/mol. The molecule has 0 spiro atoms. The Morgan fingerprint density at radius 3 is 1.76 bits per heavy atom. The van der Waals surface area contributed by atoms with E-state index in [1.54, 1.807) is 6.92 Å². The van der Waals surface area contributed by atoms with E-state index in [1.165, 1.54) is 0 Å². The van der Waals surface area contributed by atoms with Crippen molar-refractivity contribution in [2.75, 3.05) is 93.1 Å². The normalized spacial score (nSPS) is 12.5.